The molecule has 2 aromatic rings. The molecule has 0 saturated heterocycles. The number of nitrogens with zero attached hydrogens (tertiary/aromatic N) is 1. The molecular formula is C24H35NO4Si2. The fraction of sp³-hybridized carbons (Fsp3) is 0.417. The van der Waals surface area contributed by atoms with Gasteiger partial charge in [0, 0.05) is 5.56 Å². The SMILES string of the molecule is COc1ccc([C@H]2C=C(c3ccc(C)cc3)O[C@@H]2N(O[Si](C)(C)C)O[Si](C)(C)C)cc1. The summed E-state index contributed by atoms with van der Waals surface area (Å²) in [6.45, 7) is 15.0. The van der Waals surface area contributed by atoms with Crippen LogP contribution in [0.2, 0.25) is 39.3 Å². The van der Waals surface area contributed by atoms with Gasteiger partial charge in [0.15, 0.2) is 0 Å². The zero-order chi connectivity index (χ0) is 22.8. The molecule has 1 aliphatic rings. The van der Waals surface area contributed by atoms with Crippen LogP contribution in [0.3, 0.4) is 0 Å². The molecule has 2 aromatic carbocycles. The predicted molar refractivity (Wildman–Crippen MR) is 130 cm³/mol. The molecule has 0 bridgehead atoms. The van der Waals surface area contributed by atoms with Gasteiger partial charge in [0.05, 0.1) is 13.0 Å². The van der Waals surface area contributed by atoms with Crippen LogP contribution in [0.25, 0.3) is 5.76 Å². The van der Waals surface area contributed by atoms with Crippen molar-refractivity contribution in [2.24, 2.45) is 0 Å². The normalized spacial score (nSPS) is 19.3. The van der Waals surface area contributed by atoms with Gasteiger partial charge >= 0.3 is 0 Å². The summed E-state index contributed by atoms with van der Waals surface area (Å²) in [5.74, 6) is 1.62. The number of benzene rings is 2. The molecule has 0 spiro atoms. The molecule has 0 aliphatic carbocycles. The maximum absolute atomic E-state index is 6.52. The maximum atomic E-state index is 6.52. The number of methoxy groups -OCH3 is 1. The summed E-state index contributed by atoms with van der Waals surface area (Å²) in [6, 6.07) is 16.5. The molecule has 0 N–H and O–H groups in total. The van der Waals surface area contributed by atoms with Crippen molar-refractivity contribution in [1.82, 2.24) is 5.23 Å². The molecule has 5 nitrogen and oxygen atoms in total. The second kappa shape index (κ2) is 9.30. The van der Waals surface area contributed by atoms with Crippen LogP contribution in [0, 0.1) is 6.92 Å². The van der Waals surface area contributed by atoms with Gasteiger partial charge in [-0.15, -0.1) is 0 Å². The van der Waals surface area contributed by atoms with Crippen molar-refractivity contribution < 1.29 is 18.5 Å². The van der Waals surface area contributed by atoms with Gasteiger partial charge in [-0.05, 0) is 75.2 Å². The topological polar surface area (TPSA) is 40.2 Å². The van der Waals surface area contributed by atoms with Crippen LogP contribution in [0.15, 0.2) is 54.6 Å². The lowest BCUT2D eigenvalue weighted by Crippen LogP contribution is -2.50. The highest BCUT2D eigenvalue weighted by Gasteiger charge is 2.41. The Labute approximate surface area is 188 Å². The first-order valence-corrected chi connectivity index (χ1v) is 17.5. The maximum Gasteiger partial charge on any atom is 0.215 e. The first-order valence-electron chi connectivity index (χ1n) is 10.7. The molecule has 3 rings (SSSR count). The van der Waals surface area contributed by atoms with Crippen molar-refractivity contribution >= 4 is 22.4 Å². The largest absolute Gasteiger partial charge is 0.497 e. The quantitative estimate of drug-likeness (QED) is 0.343. The standard InChI is InChI=1S/C24H35NO4Si2/c1-18-9-11-20(12-10-18)23-17-22(19-13-15-21(26-2)16-14-19)24(27-23)25(28-30(3,4)5)29-31(6,7)8/h9-17,22,24H,1-8H3/t22-,24+/m1/s1. The Balaban J connectivity index is 2.00. The lowest BCUT2D eigenvalue weighted by molar-refractivity contribution is -0.336. The highest BCUT2D eigenvalue weighted by atomic mass is 28.4. The van der Waals surface area contributed by atoms with Gasteiger partial charge in [0.1, 0.15) is 11.5 Å². The number of aryl methyl sites for hydroxylation is 1. The van der Waals surface area contributed by atoms with Crippen molar-refractivity contribution in [3.05, 3.63) is 71.3 Å². The van der Waals surface area contributed by atoms with E-state index < -0.39 is 22.9 Å². The van der Waals surface area contributed by atoms with Crippen LogP contribution in [-0.4, -0.2) is 35.2 Å². The van der Waals surface area contributed by atoms with E-state index in [1.807, 2.05) is 12.1 Å². The lowest BCUT2D eigenvalue weighted by Gasteiger charge is -2.38. The summed E-state index contributed by atoms with van der Waals surface area (Å²) in [7, 11) is -2.21. The lowest BCUT2D eigenvalue weighted by atomic mass is 9.97. The van der Waals surface area contributed by atoms with Gasteiger partial charge in [0.25, 0.3) is 0 Å². The minimum Gasteiger partial charge on any atom is -0.497 e. The second-order valence-corrected chi connectivity index (χ2v) is 18.7. The molecular weight excluding hydrogens is 422 g/mol. The van der Waals surface area contributed by atoms with Crippen LogP contribution in [0.5, 0.6) is 5.75 Å². The van der Waals surface area contributed by atoms with Gasteiger partial charge in [0.2, 0.25) is 22.9 Å². The minimum absolute atomic E-state index is 0.0464. The number of ether oxygens (including phenoxy) is 2. The van der Waals surface area contributed by atoms with E-state index in [0.29, 0.717) is 0 Å². The van der Waals surface area contributed by atoms with E-state index >= 15 is 0 Å². The van der Waals surface area contributed by atoms with E-state index in [9.17, 15) is 0 Å². The molecule has 0 radical (unpaired) electrons. The average molecular weight is 458 g/mol. The summed E-state index contributed by atoms with van der Waals surface area (Å²) < 4.78 is 24.7. The van der Waals surface area contributed by atoms with Crippen LogP contribution < -0.4 is 4.74 Å². The van der Waals surface area contributed by atoms with E-state index in [1.165, 1.54) is 5.56 Å². The number of hydrogen-bond donors (Lipinski definition) is 0. The molecule has 168 valence electrons. The number of rotatable bonds is 8. The van der Waals surface area contributed by atoms with Gasteiger partial charge < -0.3 is 18.5 Å². The number of hydrogen-bond acceptors (Lipinski definition) is 5. The Hall–Kier alpha value is -1.91. The molecule has 7 heteroatoms. The molecule has 0 fully saturated rings. The van der Waals surface area contributed by atoms with Gasteiger partial charge in [-0.3, -0.25) is 0 Å². The van der Waals surface area contributed by atoms with E-state index in [1.54, 1.807) is 12.3 Å². The minimum atomic E-state index is -1.94. The third-order valence-corrected chi connectivity index (χ3v) is 6.11. The van der Waals surface area contributed by atoms with E-state index in [0.717, 1.165) is 22.6 Å². The highest BCUT2D eigenvalue weighted by molar-refractivity contribution is 6.70. The van der Waals surface area contributed by atoms with Crippen LogP contribution in [-0.2, 0) is 13.8 Å². The van der Waals surface area contributed by atoms with Crippen molar-refractivity contribution in [3.8, 4) is 5.75 Å². The van der Waals surface area contributed by atoms with Crippen LogP contribution >= 0.6 is 0 Å². The van der Waals surface area contributed by atoms with Crippen molar-refractivity contribution in [2.75, 3.05) is 7.11 Å². The summed E-state index contributed by atoms with van der Waals surface area (Å²) in [5, 5.41) is 1.66. The Bertz CT molecular complexity index is 883. The molecule has 0 amide bonds. The Kier molecular flexibility index (Phi) is 7.12. The van der Waals surface area contributed by atoms with Gasteiger partial charge in [-0.2, -0.15) is 0 Å². The van der Waals surface area contributed by atoms with Crippen molar-refractivity contribution in [1.29, 1.82) is 0 Å². The predicted octanol–water partition coefficient (Wildman–Crippen LogP) is 6.32. The highest BCUT2D eigenvalue weighted by Crippen LogP contribution is 2.40. The molecule has 2 atom stereocenters. The molecule has 31 heavy (non-hydrogen) atoms. The van der Waals surface area contributed by atoms with Crippen LogP contribution in [0.4, 0.5) is 0 Å². The Morgan fingerprint density at radius 2 is 1.35 bits per heavy atom. The molecule has 0 unspecified atom stereocenters. The first kappa shape index (κ1) is 23.8. The Morgan fingerprint density at radius 1 is 0.806 bits per heavy atom. The second-order valence-electron chi connectivity index (χ2n) is 9.90. The van der Waals surface area contributed by atoms with Crippen LogP contribution in [0.1, 0.15) is 22.6 Å². The van der Waals surface area contributed by atoms with Gasteiger partial charge in [-0.1, -0.05) is 42.0 Å². The molecule has 1 heterocycles. The smallest absolute Gasteiger partial charge is 0.215 e. The Morgan fingerprint density at radius 3 is 1.84 bits per heavy atom. The molecule has 0 aromatic heterocycles. The zero-order valence-electron chi connectivity index (χ0n) is 19.9. The summed E-state index contributed by atoms with van der Waals surface area (Å²) in [4.78, 5) is 0. The van der Waals surface area contributed by atoms with E-state index in [4.69, 9.17) is 18.5 Å². The summed E-state index contributed by atoms with van der Waals surface area (Å²) in [6.07, 6.45) is 1.76. The van der Waals surface area contributed by atoms with E-state index in [-0.39, 0.29) is 5.92 Å². The van der Waals surface area contributed by atoms with Gasteiger partial charge in [-0.25, -0.2) is 0 Å². The van der Waals surface area contributed by atoms with E-state index in [2.05, 4.69) is 88.7 Å². The molecule has 1 aliphatic heterocycles. The first-order chi connectivity index (χ1) is 14.4. The fourth-order valence-electron chi connectivity index (χ4n) is 3.29. The fourth-order valence-corrected chi connectivity index (χ4v) is 4.73. The molecule has 0 saturated carbocycles. The summed E-state index contributed by atoms with van der Waals surface area (Å²) in [5.41, 5.74) is 3.39. The third-order valence-electron chi connectivity index (χ3n) is 4.66. The number of hydroxylamine groups is 2. The monoisotopic (exact) mass is 457 g/mol. The third kappa shape index (κ3) is 6.54. The van der Waals surface area contributed by atoms with Crippen molar-refractivity contribution in [3.63, 3.8) is 0 Å². The summed E-state index contributed by atoms with van der Waals surface area (Å²) >= 11 is 0. The van der Waals surface area contributed by atoms with Crippen molar-refractivity contribution in [2.45, 2.75) is 58.4 Å². The average Bonchev–Trinajstić information content (AvgIpc) is 3.11. The zero-order valence-corrected chi connectivity index (χ0v) is 21.9.